The van der Waals surface area contributed by atoms with E-state index in [9.17, 15) is 22.0 Å². The second kappa shape index (κ2) is 7.77. The van der Waals surface area contributed by atoms with E-state index in [1.54, 1.807) is 6.20 Å². The van der Waals surface area contributed by atoms with Crippen molar-refractivity contribution in [3.05, 3.63) is 45.9 Å². The lowest BCUT2D eigenvalue weighted by molar-refractivity contribution is -0.121. The fourth-order valence-electron chi connectivity index (χ4n) is 1.79. The molecule has 2 N–H and O–H groups in total. The summed E-state index contributed by atoms with van der Waals surface area (Å²) in [7, 11) is -4.00. The number of carbonyl (C=O) groups excluding carboxylic acids is 1. The highest BCUT2D eigenvalue weighted by atomic mass is 32.2. The van der Waals surface area contributed by atoms with Crippen LogP contribution in [0, 0.1) is 18.6 Å². The lowest BCUT2D eigenvalue weighted by Crippen LogP contribution is -2.30. The Morgan fingerprint density at radius 2 is 2.04 bits per heavy atom. The molecule has 2 aromatic rings. The Morgan fingerprint density at radius 1 is 1.29 bits per heavy atom. The first kappa shape index (κ1) is 18.4. The molecule has 0 aliphatic heterocycles. The Hall–Kier alpha value is -1.91. The summed E-state index contributed by atoms with van der Waals surface area (Å²) in [5.74, 6) is -2.73. The Balaban J connectivity index is 1.81. The fourth-order valence-corrected chi connectivity index (χ4v) is 3.57. The van der Waals surface area contributed by atoms with E-state index in [0.29, 0.717) is 12.6 Å². The Bertz CT molecular complexity index is 838. The zero-order chi connectivity index (χ0) is 17.7. The SMILES string of the molecule is Cc1ncc(CNC(=O)CCNS(=O)(=O)c2ccc(F)c(F)c2)s1. The quantitative estimate of drug-likeness (QED) is 0.771. The molecule has 6 nitrogen and oxygen atoms in total. The number of nitrogens with one attached hydrogen (secondary N) is 2. The number of hydrogen-bond acceptors (Lipinski definition) is 5. The van der Waals surface area contributed by atoms with Gasteiger partial charge in [0.25, 0.3) is 0 Å². The summed E-state index contributed by atoms with van der Waals surface area (Å²) in [6.07, 6.45) is 1.58. The number of aryl methyl sites for hydroxylation is 1. The molecule has 2 rings (SSSR count). The van der Waals surface area contributed by atoms with Gasteiger partial charge in [-0.15, -0.1) is 11.3 Å². The molecule has 0 saturated carbocycles. The molecule has 0 unspecified atom stereocenters. The number of sulfonamides is 1. The van der Waals surface area contributed by atoms with E-state index in [1.807, 2.05) is 6.92 Å². The van der Waals surface area contributed by atoms with Crippen LogP contribution in [0.2, 0.25) is 0 Å². The molecule has 130 valence electrons. The molecule has 0 fully saturated rings. The predicted octanol–water partition coefficient (Wildman–Crippen LogP) is 1.71. The van der Waals surface area contributed by atoms with E-state index < -0.39 is 26.6 Å². The van der Waals surface area contributed by atoms with Crippen molar-refractivity contribution in [3.63, 3.8) is 0 Å². The van der Waals surface area contributed by atoms with Crippen LogP contribution in [-0.4, -0.2) is 25.9 Å². The molecule has 1 aromatic carbocycles. The van der Waals surface area contributed by atoms with Gasteiger partial charge in [0.15, 0.2) is 11.6 Å². The number of benzene rings is 1. The number of aromatic nitrogens is 1. The zero-order valence-corrected chi connectivity index (χ0v) is 14.3. The maximum Gasteiger partial charge on any atom is 0.240 e. The summed E-state index contributed by atoms with van der Waals surface area (Å²) < 4.78 is 51.9. The summed E-state index contributed by atoms with van der Waals surface area (Å²) in [6, 6.07) is 2.27. The zero-order valence-electron chi connectivity index (χ0n) is 12.7. The van der Waals surface area contributed by atoms with Gasteiger partial charge in [-0.2, -0.15) is 0 Å². The summed E-state index contributed by atoms with van der Waals surface area (Å²) in [5, 5.41) is 3.53. The van der Waals surface area contributed by atoms with Gasteiger partial charge in [0.2, 0.25) is 15.9 Å². The number of nitrogens with zero attached hydrogens (tertiary/aromatic N) is 1. The minimum Gasteiger partial charge on any atom is -0.351 e. The Labute approximate surface area is 142 Å². The van der Waals surface area contributed by atoms with Crippen molar-refractivity contribution in [1.82, 2.24) is 15.0 Å². The number of thiazole rings is 1. The average Bonchev–Trinajstić information content (AvgIpc) is 2.93. The highest BCUT2D eigenvalue weighted by Gasteiger charge is 2.16. The van der Waals surface area contributed by atoms with E-state index in [1.165, 1.54) is 11.3 Å². The van der Waals surface area contributed by atoms with Crippen LogP contribution in [0.1, 0.15) is 16.3 Å². The summed E-state index contributed by atoms with van der Waals surface area (Å²) in [6.45, 7) is 2.01. The largest absolute Gasteiger partial charge is 0.351 e. The third kappa shape index (κ3) is 5.05. The Kier molecular flexibility index (Phi) is 5.97. The molecule has 10 heteroatoms. The van der Waals surface area contributed by atoms with Crippen molar-refractivity contribution in [1.29, 1.82) is 0 Å². The summed E-state index contributed by atoms with van der Waals surface area (Å²) in [5.41, 5.74) is 0. The molecule has 0 atom stereocenters. The van der Waals surface area contributed by atoms with Crippen LogP contribution < -0.4 is 10.0 Å². The van der Waals surface area contributed by atoms with E-state index >= 15 is 0 Å². The summed E-state index contributed by atoms with van der Waals surface area (Å²) in [4.78, 5) is 16.2. The van der Waals surface area contributed by atoms with Gasteiger partial charge >= 0.3 is 0 Å². The van der Waals surface area contributed by atoms with Gasteiger partial charge in [-0.25, -0.2) is 26.9 Å². The molecule has 0 aliphatic rings. The first-order chi connectivity index (χ1) is 11.3. The number of amides is 1. The van der Waals surface area contributed by atoms with Crippen LogP contribution in [0.3, 0.4) is 0 Å². The van der Waals surface area contributed by atoms with Gasteiger partial charge in [-0.3, -0.25) is 4.79 Å². The maximum atomic E-state index is 13.1. The monoisotopic (exact) mass is 375 g/mol. The molecule has 1 heterocycles. The summed E-state index contributed by atoms with van der Waals surface area (Å²) >= 11 is 1.45. The third-order valence-corrected chi connectivity index (χ3v) is 5.35. The van der Waals surface area contributed by atoms with Gasteiger partial charge in [0.1, 0.15) is 0 Å². The molecular formula is C14H15F2N3O3S2. The van der Waals surface area contributed by atoms with Crippen molar-refractivity contribution in [3.8, 4) is 0 Å². The van der Waals surface area contributed by atoms with Gasteiger partial charge in [0.05, 0.1) is 16.4 Å². The molecule has 24 heavy (non-hydrogen) atoms. The predicted molar refractivity (Wildman–Crippen MR) is 84.9 cm³/mol. The second-order valence-corrected chi connectivity index (χ2v) is 7.93. The number of halogens is 2. The van der Waals surface area contributed by atoms with Crippen molar-refractivity contribution in [2.24, 2.45) is 0 Å². The molecule has 1 amide bonds. The Morgan fingerprint density at radius 3 is 2.67 bits per heavy atom. The standard InChI is InChI=1S/C14H15F2N3O3S2/c1-9-17-7-10(23-9)8-18-14(20)4-5-19-24(21,22)11-2-3-12(15)13(16)6-11/h2-3,6-7,19H,4-5,8H2,1H3,(H,18,20). The fraction of sp³-hybridized carbons (Fsp3) is 0.286. The van der Waals surface area contributed by atoms with Crippen molar-refractivity contribution in [2.45, 2.75) is 24.8 Å². The molecule has 0 spiro atoms. The smallest absolute Gasteiger partial charge is 0.240 e. The van der Waals surface area contributed by atoms with Crippen LogP contribution in [-0.2, 0) is 21.4 Å². The minimum atomic E-state index is -4.00. The van der Waals surface area contributed by atoms with Crippen LogP contribution >= 0.6 is 11.3 Å². The van der Waals surface area contributed by atoms with Crippen LogP contribution in [0.25, 0.3) is 0 Å². The van der Waals surface area contributed by atoms with Crippen molar-refractivity contribution >= 4 is 27.3 Å². The lowest BCUT2D eigenvalue weighted by atomic mass is 10.3. The van der Waals surface area contributed by atoms with Crippen LogP contribution in [0.15, 0.2) is 29.3 Å². The minimum absolute atomic E-state index is 0.0826. The molecule has 0 saturated heterocycles. The number of rotatable bonds is 7. The van der Waals surface area contributed by atoms with E-state index in [2.05, 4.69) is 15.0 Å². The van der Waals surface area contributed by atoms with Gasteiger partial charge in [-0.05, 0) is 25.1 Å². The first-order valence-electron chi connectivity index (χ1n) is 6.90. The van der Waals surface area contributed by atoms with E-state index in [0.717, 1.165) is 22.0 Å². The first-order valence-corrected chi connectivity index (χ1v) is 9.20. The van der Waals surface area contributed by atoms with Crippen molar-refractivity contribution in [2.75, 3.05) is 6.54 Å². The molecule has 0 bridgehead atoms. The van der Waals surface area contributed by atoms with Gasteiger partial charge in [0, 0.05) is 24.0 Å². The molecule has 1 aromatic heterocycles. The lowest BCUT2D eigenvalue weighted by Gasteiger charge is -2.07. The molecular weight excluding hydrogens is 360 g/mol. The van der Waals surface area contributed by atoms with E-state index in [4.69, 9.17) is 0 Å². The second-order valence-electron chi connectivity index (χ2n) is 4.85. The van der Waals surface area contributed by atoms with Gasteiger partial charge < -0.3 is 5.32 Å². The maximum absolute atomic E-state index is 13.1. The van der Waals surface area contributed by atoms with E-state index in [-0.39, 0.29) is 18.9 Å². The van der Waals surface area contributed by atoms with Crippen LogP contribution in [0.5, 0.6) is 0 Å². The number of hydrogen-bond donors (Lipinski definition) is 2. The average molecular weight is 375 g/mol. The highest BCUT2D eigenvalue weighted by molar-refractivity contribution is 7.89. The number of carbonyl (C=O) groups is 1. The van der Waals surface area contributed by atoms with Crippen molar-refractivity contribution < 1.29 is 22.0 Å². The normalized spacial score (nSPS) is 11.5. The molecule has 0 radical (unpaired) electrons. The third-order valence-electron chi connectivity index (χ3n) is 2.97. The highest BCUT2D eigenvalue weighted by Crippen LogP contribution is 2.13. The van der Waals surface area contributed by atoms with Crippen LogP contribution in [0.4, 0.5) is 8.78 Å². The topological polar surface area (TPSA) is 88.2 Å². The van der Waals surface area contributed by atoms with Gasteiger partial charge in [-0.1, -0.05) is 0 Å². The molecule has 0 aliphatic carbocycles.